The van der Waals surface area contributed by atoms with Gasteiger partial charge in [-0.3, -0.25) is 0 Å². The molecule has 94 heavy (non-hydrogen) atoms. The molecular formula is C90H92N4+2. The third-order valence-electron chi connectivity index (χ3n) is 23.0. The zero-order valence-corrected chi connectivity index (χ0v) is 57.6. The topological polar surface area (TPSA) is 12.5 Å². The van der Waals surface area contributed by atoms with E-state index in [0.29, 0.717) is 0 Å². The van der Waals surface area contributed by atoms with Gasteiger partial charge in [0.1, 0.15) is 14.1 Å². The van der Waals surface area contributed by atoms with Crippen LogP contribution in [0.1, 0.15) is 140 Å². The highest BCUT2D eigenvalue weighted by molar-refractivity contribution is 6.09. The van der Waals surface area contributed by atoms with Gasteiger partial charge < -0.3 is 9.80 Å². The van der Waals surface area contributed by atoms with Crippen molar-refractivity contribution in [1.29, 1.82) is 0 Å². The average molecular weight is 1230 g/mol. The number of fused-ring (bicyclic) bond motifs is 12. The minimum Gasteiger partial charge on any atom is -0.347 e. The molecule has 0 saturated carbocycles. The number of nitrogens with zero attached hydrogens (tertiary/aromatic N) is 4. The highest BCUT2D eigenvalue weighted by atomic mass is 15.2. The first-order valence-electron chi connectivity index (χ1n) is 34.8. The molecule has 4 nitrogen and oxygen atoms in total. The SMILES string of the molecule is CN1C(=CC=C2CCCC(C=CC3=[N+](C)c4ccc5ccccc5c4C3(C)C)=C2CCc2ccc(CCC3=C(C=CC4=[N+](C)c5ccc6ccccc6c5C4(C)C)CCCC3=CC=C3N(C)c4ccc5ccccc5c4C3(C)C)cc2)C(C)(C)c2c1ccc1ccccc21. The Bertz CT molecular complexity index is 4670. The van der Waals surface area contributed by atoms with Crippen molar-refractivity contribution in [3.05, 3.63) is 297 Å². The first-order valence-corrected chi connectivity index (χ1v) is 34.8. The molecule has 470 valence electrons. The van der Waals surface area contributed by atoms with Crippen LogP contribution >= 0.6 is 0 Å². The highest BCUT2D eigenvalue weighted by Gasteiger charge is 2.46. The smallest absolute Gasteiger partial charge is 0.210 e. The first kappa shape index (κ1) is 61.1. The van der Waals surface area contributed by atoms with Gasteiger partial charge in [0.25, 0.3) is 0 Å². The Morgan fingerprint density at radius 2 is 0.691 bits per heavy atom. The summed E-state index contributed by atoms with van der Waals surface area (Å²) in [5, 5.41) is 10.6. The molecule has 9 aromatic rings. The van der Waals surface area contributed by atoms with Crippen LogP contribution < -0.4 is 9.80 Å². The lowest BCUT2D eigenvalue weighted by atomic mass is 9.78. The van der Waals surface area contributed by atoms with E-state index in [2.05, 4.69) is 321 Å². The van der Waals surface area contributed by atoms with Gasteiger partial charge in [-0.2, -0.15) is 9.15 Å². The molecule has 0 N–H and O–H groups in total. The summed E-state index contributed by atoms with van der Waals surface area (Å²) in [7, 11) is 9.07. The Labute approximate surface area is 559 Å². The zero-order chi connectivity index (χ0) is 65.0. The van der Waals surface area contributed by atoms with Crippen LogP contribution in [0.25, 0.3) is 43.1 Å². The summed E-state index contributed by atoms with van der Waals surface area (Å²) in [5.41, 5.74) is 27.4. The van der Waals surface area contributed by atoms with Gasteiger partial charge in [-0.25, -0.2) is 0 Å². The van der Waals surface area contributed by atoms with E-state index in [9.17, 15) is 0 Å². The summed E-state index contributed by atoms with van der Waals surface area (Å²) >= 11 is 0. The van der Waals surface area contributed by atoms with E-state index in [-0.39, 0.29) is 21.7 Å². The summed E-state index contributed by atoms with van der Waals surface area (Å²) in [4.78, 5) is 4.90. The second-order valence-corrected chi connectivity index (χ2v) is 29.9. The molecule has 4 heterocycles. The van der Waals surface area contributed by atoms with Crippen molar-refractivity contribution in [1.82, 2.24) is 0 Å². The number of aryl methyl sites for hydroxylation is 2. The maximum absolute atomic E-state index is 2.51. The molecule has 0 spiro atoms. The lowest BCUT2D eigenvalue weighted by Crippen LogP contribution is -2.27. The molecule has 0 unspecified atom stereocenters. The molecule has 0 fully saturated rings. The molecule has 9 aromatic carbocycles. The molecule has 0 saturated heterocycles. The van der Waals surface area contributed by atoms with E-state index in [1.165, 1.54) is 155 Å². The van der Waals surface area contributed by atoms with Crippen molar-refractivity contribution in [3.63, 3.8) is 0 Å². The standard InChI is InChI=1S/C90H92N4/c1-87(2)79(91(9)75-51-41-65-23-13-17-31-71(65)83(75)87)55-45-61-27-21-28-62(46-56-80-88(3,4)84-72-32-18-14-24-66(72)42-52-76(84)92(80)10)69(61)49-39-59-35-37-60(38-36-59)40-50-70-63(47-57-81-89(5,6)85-73-33-19-15-25-67(73)43-53-77(85)93(81)11)29-22-30-64(70)48-58-82-90(7,8)86-74-34-20-16-26-68(74)44-54-78(86)94(82)12/h13-20,23-26,31-38,41-48,51-58H,21-22,27-30,39-40,49-50H2,1-12H3/q+2. The van der Waals surface area contributed by atoms with Gasteiger partial charge in [0.15, 0.2) is 11.4 Å². The molecule has 4 aliphatic heterocycles. The number of allylic oxidation sites excluding steroid dienone is 16. The van der Waals surface area contributed by atoms with Crippen LogP contribution in [-0.2, 0) is 34.5 Å². The van der Waals surface area contributed by atoms with Crippen LogP contribution in [0.3, 0.4) is 0 Å². The van der Waals surface area contributed by atoms with Crippen LogP contribution in [0.15, 0.2) is 263 Å². The fourth-order valence-electron chi connectivity index (χ4n) is 18.2. The largest absolute Gasteiger partial charge is 0.347 e. The number of hydrogen-bond acceptors (Lipinski definition) is 2. The second kappa shape index (κ2) is 23.4. The van der Waals surface area contributed by atoms with E-state index in [0.717, 1.165) is 64.2 Å². The summed E-state index contributed by atoms with van der Waals surface area (Å²) in [6.45, 7) is 19.4. The Morgan fingerprint density at radius 3 is 1.06 bits per heavy atom. The quantitative estimate of drug-likeness (QED) is 0.113. The fourth-order valence-corrected chi connectivity index (χ4v) is 18.2. The molecule has 0 radical (unpaired) electrons. The summed E-state index contributed by atoms with van der Waals surface area (Å²) < 4.78 is 4.90. The highest BCUT2D eigenvalue weighted by Crippen LogP contribution is 2.53. The Hall–Kier alpha value is -9.12. The van der Waals surface area contributed by atoms with Crippen molar-refractivity contribution < 1.29 is 9.15 Å². The van der Waals surface area contributed by atoms with E-state index in [4.69, 9.17) is 0 Å². The number of benzene rings is 9. The van der Waals surface area contributed by atoms with E-state index >= 15 is 0 Å². The lowest BCUT2D eigenvalue weighted by molar-refractivity contribution is -0.401. The molecule has 15 rings (SSSR count). The van der Waals surface area contributed by atoms with Crippen molar-refractivity contribution in [2.45, 2.75) is 141 Å². The number of rotatable bonds is 12. The number of likely N-dealkylation sites (N-methyl/N-ethyl adjacent to an activating group) is 2. The average Bonchev–Trinajstić information content (AvgIpc) is 1.60. The van der Waals surface area contributed by atoms with Crippen LogP contribution in [0.5, 0.6) is 0 Å². The molecular weight excluding hydrogens is 1140 g/mol. The Kier molecular flexibility index (Phi) is 15.2. The maximum Gasteiger partial charge on any atom is 0.210 e. The van der Waals surface area contributed by atoms with Crippen molar-refractivity contribution in [2.24, 2.45) is 0 Å². The molecule has 0 amide bonds. The third-order valence-corrected chi connectivity index (χ3v) is 23.0. The van der Waals surface area contributed by atoms with Gasteiger partial charge in [-0.15, -0.1) is 0 Å². The molecule has 0 atom stereocenters. The summed E-state index contributed by atoms with van der Waals surface area (Å²) in [5.74, 6) is 0. The predicted octanol–water partition coefficient (Wildman–Crippen LogP) is 22.1. The van der Waals surface area contributed by atoms with Gasteiger partial charge in [-0.1, -0.05) is 185 Å². The minimum atomic E-state index is -0.153. The van der Waals surface area contributed by atoms with E-state index < -0.39 is 0 Å². The monoisotopic (exact) mass is 1230 g/mol. The van der Waals surface area contributed by atoms with Crippen LogP contribution in [0.4, 0.5) is 22.7 Å². The number of anilines is 2. The van der Waals surface area contributed by atoms with Crippen molar-refractivity contribution in [3.8, 4) is 0 Å². The van der Waals surface area contributed by atoms with Crippen molar-refractivity contribution in [2.75, 3.05) is 38.0 Å². The van der Waals surface area contributed by atoms with Crippen LogP contribution in [0, 0.1) is 0 Å². The molecule has 0 bridgehead atoms. The van der Waals surface area contributed by atoms with E-state index in [1.54, 1.807) is 0 Å². The second-order valence-electron chi connectivity index (χ2n) is 29.9. The van der Waals surface area contributed by atoms with Gasteiger partial charge in [-0.05, 0) is 227 Å². The third kappa shape index (κ3) is 10.1. The van der Waals surface area contributed by atoms with Crippen LogP contribution in [0.2, 0.25) is 0 Å². The predicted molar refractivity (Wildman–Crippen MR) is 402 cm³/mol. The van der Waals surface area contributed by atoms with Gasteiger partial charge >= 0.3 is 0 Å². The molecule has 2 aliphatic carbocycles. The van der Waals surface area contributed by atoms with Gasteiger partial charge in [0.2, 0.25) is 11.4 Å². The van der Waals surface area contributed by atoms with Gasteiger partial charge in [0.05, 0.1) is 10.8 Å². The minimum absolute atomic E-state index is 0.153. The molecule has 4 heteroatoms. The maximum atomic E-state index is 2.51. The fraction of sp³-hybridized carbons (Fsp3) is 0.289. The lowest BCUT2D eigenvalue weighted by Gasteiger charge is -2.26. The molecule has 6 aliphatic rings. The normalized spacial score (nSPS) is 20.6. The summed E-state index contributed by atoms with van der Waals surface area (Å²) in [6.07, 6.45) is 30.5. The summed E-state index contributed by atoms with van der Waals surface area (Å²) in [6, 6.07) is 63.9. The Morgan fingerprint density at radius 1 is 0.351 bits per heavy atom. The zero-order valence-electron chi connectivity index (χ0n) is 57.6. The number of hydrogen-bond donors (Lipinski definition) is 0. The van der Waals surface area contributed by atoms with Crippen LogP contribution in [-0.4, -0.2) is 48.8 Å². The Balaban J connectivity index is 0.745. The molecule has 0 aromatic heterocycles. The van der Waals surface area contributed by atoms with Gasteiger partial charge in [0, 0.05) is 83.1 Å². The van der Waals surface area contributed by atoms with E-state index in [1.807, 2.05) is 0 Å². The van der Waals surface area contributed by atoms with Crippen molar-refractivity contribution >= 4 is 77.3 Å². The first-order chi connectivity index (χ1) is 45.3.